The fourth-order valence-corrected chi connectivity index (χ4v) is 4.49. The van der Waals surface area contributed by atoms with E-state index in [2.05, 4.69) is 9.80 Å². The van der Waals surface area contributed by atoms with Crippen molar-refractivity contribution in [3.63, 3.8) is 0 Å². The maximum Gasteiger partial charge on any atom is 0.185 e. The molecule has 4 nitrogen and oxygen atoms in total. The van der Waals surface area contributed by atoms with Crippen molar-refractivity contribution in [2.45, 2.75) is 44.2 Å². The van der Waals surface area contributed by atoms with Crippen LogP contribution in [0.3, 0.4) is 0 Å². The number of nitrogens with zero attached hydrogens (tertiary/aromatic N) is 3. The minimum Gasteiger partial charge on any atom is -0.346 e. The van der Waals surface area contributed by atoms with E-state index < -0.39 is 0 Å². The minimum absolute atomic E-state index is 0.239. The van der Waals surface area contributed by atoms with Crippen molar-refractivity contribution in [3.8, 4) is 0 Å². The SMILES string of the molecule is NC1CCCc2nc(N3CCN(C4CC4)CC3)sc21. The highest BCUT2D eigenvalue weighted by Crippen LogP contribution is 2.37. The predicted molar refractivity (Wildman–Crippen MR) is 78.8 cm³/mol. The molecule has 2 N–H and O–H groups in total. The Bertz CT molecular complexity index is 460. The molecular weight excluding hydrogens is 256 g/mol. The summed E-state index contributed by atoms with van der Waals surface area (Å²) in [5, 5.41) is 1.22. The number of thiazole rings is 1. The molecule has 1 saturated carbocycles. The third-order valence-corrected chi connectivity index (χ3v) is 5.92. The van der Waals surface area contributed by atoms with Gasteiger partial charge in [-0.1, -0.05) is 11.3 Å². The summed E-state index contributed by atoms with van der Waals surface area (Å²) in [4.78, 5) is 11.3. The van der Waals surface area contributed by atoms with Crippen molar-refractivity contribution in [1.29, 1.82) is 0 Å². The number of fused-ring (bicyclic) bond motifs is 1. The van der Waals surface area contributed by atoms with Crippen molar-refractivity contribution in [2.75, 3.05) is 31.1 Å². The van der Waals surface area contributed by atoms with Gasteiger partial charge in [0.25, 0.3) is 0 Å². The average Bonchev–Trinajstić information content (AvgIpc) is 3.19. The summed E-state index contributed by atoms with van der Waals surface area (Å²) in [6.07, 6.45) is 6.29. The van der Waals surface area contributed by atoms with Crippen LogP contribution in [-0.4, -0.2) is 42.1 Å². The van der Waals surface area contributed by atoms with Gasteiger partial charge in [-0.05, 0) is 32.1 Å². The van der Waals surface area contributed by atoms with E-state index in [4.69, 9.17) is 10.7 Å². The Morgan fingerprint density at radius 1 is 1.11 bits per heavy atom. The second-order valence-electron chi connectivity index (χ2n) is 6.06. The maximum atomic E-state index is 6.20. The average molecular weight is 278 g/mol. The first kappa shape index (κ1) is 12.1. The zero-order valence-corrected chi connectivity index (χ0v) is 12.2. The molecule has 5 heteroatoms. The lowest BCUT2D eigenvalue weighted by molar-refractivity contribution is 0.248. The van der Waals surface area contributed by atoms with E-state index in [0.717, 1.165) is 32.0 Å². The molecule has 1 atom stereocenters. The highest BCUT2D eigenvalue weighted by molar-refractivity contribution is 7.15. The van der Waals surface area contributed by atoms with Gasteiger partial charge in [0.05, 0.1) is 5.69 Å². The Labute approximate surface area is 118 Å². The Hall–Kier alpha value is -0.650. The monoisotopic (exact) mass is 278 g/mol. The molecule has 0 spiro atoms. The summed E-state index contributed by atoms with van der Waals surface area (Å²) in [6, 6.07) is 1.14. The van der Waals surface area contributed by atoms with Gasteiger partial charge in [-0.15, -0.1) is 0 Å². The lowest BCUT2D eigenvalue weighted by atomic mass is 9.99. The van der Waals surface area contributed by atoms with E-state index in [1.165, 1.54) is 48.1 Å². The van der Waals surface area contributed by atoms with Gasteiger partial charge in [0.15, 0.2) is 5.13 Å². The van der Waals surface area contributed by atoms with Gasteiger partial charge in [0, 0.05) is 43.1 Å². The number of rotatable bonds is 2. The Morgan fingerprint density at radius 2 is 1.89 bits per heavy atom. The molecule has 2 heterocycles. The molecule has 1 aromatic heterocycles. The fourth-order valence-electron chi connectivity index (χ4n) is 3.29. The van der Waals surface area contributed by atoms with Crippen LogP contribution in [0.25, 0.3) is 0 Å². The summed E-state index contributed by atoms with van der Waals surface area (Å²) >= 11 is 1.85. The van der Waals surface area contributed by atoms with Gasteiger partial charge in [0.1, 0.15) is 0 Å². The highest BCUT2D eigenvalue weighted by Gasteiger charge is 2.32. The molecular formula is C14H22N4S. The third kappa shape index (κ3) is 2.28. The highest BCUT2D eigenvalue weighted by atomic mass is 32.1. The van der Waals surface area contributed by atoms with E-state index in [0.29, 0.717) is 0 Å². The van der Waals surface area contributed by atoms with Crippen molar-refractivity contribution >= 4 is 16.5 Å². The molecule has 3 aliphatic rings. The molecule has 2 fully saturated rings. The number of anilines is 1. The summed E-state index contributed by atoms with van der Waals surface area (Å²) < 4.78 is 0. The first-order valence-electron chi connectivity index (χ1n) is 7.55. The van der Waals surface area contributed by atoms with Crippen LogP contribution >= 0.6 is 11.3 Å². The van der Waals surface area contributed by atoms with Crippen LogP contribution < -0.4 is 10.6 Å². The van der Waals surface area contributed by atoms with Gasteiger partial charge in [0.2, 0.25) is 0 Å². The Kier molecular flexibility index (Phi) is 3.01. The fraction of sp³-hybridized carbons (Fsp3) is 0.786. The van der Waals surface area contributed by atoms with Crippen molar-refractivity contribution in [1.82, 2.24) is 9.88 Å². The van der Waals surface area contributed by atoms with E-state index in [1.54, 1.807) is 0 Å². The number of piperazine rings is 1. The molecule has 0 aromatic carbocycles. The summed E-state index contributed by atoms with van der Waals surface area (Å²) in [7, 11) is 0. The molecule has 1 aliphatic heterocycles. The van der Waals surface area contributed by atoms with Gasteiger partial charge in [-0.25, -0.2) is 4.98 Å². The van der Waals surface area contributed by atoms with E-state index in [-0.39, 0.29) is 6.04 Å². The van der Waals surface area contributed by atoms with E-state index >= 15 is 0 Å². The molecule has 4 rings (SSSR count). The minimum atomic E-state index is 0.239. The van der Waals surface area contributed by atoms with Crippen LogP contribution in [0.15, 0.2) is 0 Å². The van der Waals surface area contributed by atoms with Gasteiger partial charge < -0.3 is 10.6 Å². The predicted octanol–water partition coefficient (Wildman–Crippen LogP) is 1.76. The van der Waals surface area contributed by atoms with Crippen LogP contribution in [-0.2, 0) is 6.42 Å². The molecule has 1 aromatic rings. The van der Waals surface area contributed by atoms with Gasteiger partial charge in [-0.2, -0.15) is 0 Å². The van der Waals surface area contributed by atoms with Crippen molar-refractivity contribution in [2.24, 2.45) is 5.73 Å². The molecule has 0 radical (unpaired) electrons. The van der Waals surface area contributed by atoms with E-state index in [9.17, 15) is 0 Å². The Morgan fingerprint density at radius 3 is 2.58 bits per heavy atom. The molecule has 19 heavy (non-hydrogen) atoms. The van der Waals surface area contributed by atoms with Crippen LogP contribution in [0, 0.1) is 0 Å². The molecule has 0 bridgehead atoms. The standard InChI is InChI=1S/C14H22N4S/c15-11-2-1-3-12-13(11)19-14(16-12)18-8-6-17(7-9-18)10-4-5-10/h10-11H,1-9,15H2. The quantitative estimate of drug-likeness (QED) is 0.895. The third-order valence-electron chi connectivity index (χ3n) is 4.63. The second kappa shape index (κ2) is 4.72. The van der Waals surface area contributed by atoms with Crippen LogP contribution in [0.4, 0.5) is 5.13 Å². The Balaban J connectivity index is 1.47. The molecule has 0 amide bonds. The normalized spacial score (nSPS) is 28.5. The molecule has 1 saturated heterocycles. The van der Waals surface area contributed by atoms with E-state index in [1.807, 2.05) is 11.3 Å². The number of aryl methyl sites for hydroxylation is 1. The summed E-state index contributed by atoms with van der Waals surface area (Å²) in [6.45, 7) is 4.69. The molecule has 1 unspecified atom stereocenters. The second-order valence-corrected chi connectivity index (χ2v) is 7.07. The number of hydrogen-bond acceptors (Lipinski definition) is 5. The summed E-state index contributed by atoms with van der Waals surface area (Å²) in [5.41, 5.74) is 7.48. The van der Waals surface area contributed by atoms with Crippen molar-refractivity contribution < 1.29 is 0 Å². The molecule has 2 aliphatic carbocycles. The van der Waals surface area contributed by atoms with Crippen molar-refractivity contribution in [3.05, 3.63) is 10.6 Å². The molecule has 104 valence electrons. The van der Waals surface area contributed by atoms with Crippen LogP contribution in [0.1, 0.15) is 42.3 Å². The summed E-state index contributed by atoms with van der Waals surface area (Å²) in [5.74, 6) is 0. The first-order valence-corrected chi connectivity index (χ1v) is 8.37. The number of hydrogen-bond donors (Lipinski definition) is 1. The largest absolute Gasteiger partial charge is 0.346 e. The van der Waals surface area contributed by atoms with Gasteiger partial charge >= 0.3 is 0 Å². The lowest BCUT2D eigenvalue weighted by Gasteiger charge is -2.34. The number of nitrogens with two attached hydrogens (primary N) is 1. The lowest BCUT2D eigenvalue weighted by Crippen LogP contribution is -2.47. The zero-order valence-electron chi connectivity index (χ0n) is 11.3. The first-order chi connectivity index (χ1) is 9.31. The van der Waals surface area contributed by atoms with Crippen LogP contribution in [0.5, 0.6) is 0 Å². The number of aromatic nitrogens is 1. The smallest absolute Gasteiger partial charge is 0.185 e. The maximum absolute atomic E-state index is 6.20. The topological polar surface area (TPSA) is 45.4 Å². The van der Waals surface area contributed by atoms with Gasteiger partial charge in [-0.3, -0.25) is 4.90 Å². The zero-order chi connectivity index (χ0) is 12.8. The van der Waals surface area contributed by atoms with Crippen LogP contribution in [0.2, 0.25) is 0 Å².